The van der Waals surface area contributed by atoms with Gasteiger partial charge >= 0.3 is 6.18 Å². The van der Waals surface area contributed by atoms with Gasteiger partial charge in [-0.05, 0) is 13.0 Å². The summed E-state index contributed by atoms with van der Waals surface area (Å²) in [6, 6.07) is 4.30. The summed E-state index contributed by atoms with van der Waals surface area (Å²) in [5.41, 5.74) is 4.25. The monoisotopic (exact) mass is 300 g/mol. The van der Waals surface area contributed by atoms with Crippen LogP contribution in [0.4, 0.5) is 13.2 Å². The van der Waals surface area contributed by atoms with E-state index in [1.54, 1.807) is 6.92 Å². The molecule has 0 spiro atoms. The average Bonchev–Trinajstić information content (AvgIpc) is 2.86. The topological polar surface area (TPSA) is 56.0 Å². The van der Waals surface area contributed by atoms with Crippen LogP contribution in [0, 0.1) is 0 Å². The van der Waals surface area contributed by atoms with Gasteiger partial charge in [-0.1, -0.05) is 18.2 Å². The predicted molar refractivity (Wildman–Crippen MR) is 69.6 cm³/mol. The maximum Gasteiger partial charge on any atom is 0.417 e. The molecule has 1 heterocycles. The van der Waals surface area contributed by atoms with Gasteiger partial charge in [0.25, 0.3) is 0 Å². The molecule has 0 saturated heterocycles. The molecule has 0 aliphatic carbocycles. The maximum atomic E-state index is 12.9. The quantitative estimate of drug-likeness (QED) is 0.884. The number of carbonyl (C=O) groups excluding carboxylic acids is 1. The number of halogens is 3. The number of rotatable bonds is 3. The van der Waals surface area contributed by atoms with E-state index in [0.29, 0.717) is 5.01 Å². The Kier molecular flexibility index (Phi) is 3.92. The second kappa shape index (κ2) is 5.34. The summed E-state index contributed by atoms with van der Waals surface area (Å²) < 4.78 is 38.6. The summed E-state index contributed by atoms with van der Waals surface area (Å²) in [6.45, 7) is 1.69. The highest BCUT2D eigenvalue weighted by Crippen LogP contribution is 2.33. The Hall–Kier alpha value is -1.73. The van der Waals surface area contributed by atoms with E-state index in [-0.39, 0.29) is 11.7 Å². The van der Waals surface area contributed by atoms with E-state index < -0.39 is 23.1 Å². The third kappa shape index (κ3) is 2.88. The summed E-state index contributed by atoms with van der Waals surface area (Å²) in [6.07, 6.45) is -4.58. The number of thiazole rings is 1. The number of hydrogen-bond acceptors (Lipinski definition) is 4. The highest BCUT2D eigenvalue weighted by molar-refractivity contribution is 7.09. The highest BCUT2D eigenvalue weighted by Gasteiger charge is 2.35. The lowest BCUT2D eigenvalue weighted by Gasteiger charge is -2.10. The van der Waals surface area contributed by atoms with Gasteiger partial charge in [0.1, 0.15) is 10.7 Å². The number of carbonyl (C=O) groups is 1. The molecule has 1 aromatic heterocycles. The van der Waals surface area contributed by atoms with Gasteiger partial charge < -0.3 is 5.73 Å². The van der Waals surface area contributed by atoms with Crippen LogP contribution in [0.1, 0.15) is 39.6 Å². The first kappa shape index (κ1) is 14.7. The molecule has 20 heavy (non-hydrogen) atoms. The smallest absolute Gasteiger partial charge is 0.322 e. The number of aromatic nitrogens is 1. The number of ketones is 1. The lowest BCUT2D eigenvalue weighted by molar-refractivity contribution is -0.137. The summed E-state index contributed by atoms with van der Waals surface area (Å²) in [4.78, 5) is 16.1. The van der Waals surface area contributed by atoms with E-state index in [1.807, 2.05) is 0 Å². The fourth-order valence-corrected chi connectivity index (χ4v) is 2.43. The van der Waals surface area contributed by atoms with Gasteiger partial charge in [-0.15, -0.1) is 11.3 Å². The largest absolute Gasteiger partial charge is 0.417 e. The molecule has 7 heteroatoms. The van der Waals surface area contributed by atoms with Gasteiger partial charge in [0.15, 0.2) is 0 Å². The minimum absolute atomic E-state index is 0.0148. The van der Waals surface area contributed by atoms with E-state index in [1.165, 1.54) is 17.5 Å². The predicted octanol–water partition coefficient (Wildman–Crippen LogP) is 3.41. The number of benzene rings is 1. The van der Waals surface area contributed by atoms with Crippen LogP contribution in [0.3, 0.4) is 0 Å². The Morgan fingerprint density at radius 2 is 2.00 bits per heavy atom. The zero-order chi connectivity index (χ0) is 14.9. The Bertz CT molecular complexity index is 635. The van der Waals surface area contributed by atoms with Crippen LogP contribution in [-0.2, 0) is 6.18 Å². The SMILES string of the molecule is CC(N)c1nc(C(=O)c2ccccc2C(F)(F)F)cs1. The van der Waals surface area contributed by atoms with Crippen molar-refractivity contribution in [3.05, 3.63) is 51.5 Å². The summed E-state index contributed by atoms with van der Waals surface area (Å²) in [7, 11) is 0. The van der Waals surface area contributed by atoms with Crippen molar-refractivity contribution >= 4 is 17.1 Å². The molecule has 0 fully saturated rings. The lowest BCUT2D eigenvalue weighted by Crippen LogP contribution is -2.14. The molecule has 0 bridgehead atoms. The van der Waals surface area contributed by atoms with Gasteiger partial charge in [-0.2, -0.15) is 13.2 Å². The standard InChI is InChI=1S/C13H11F3N2OS/c1-7(17)12-18-10(6-20-12)11(19)8-4-2-3-5-9(8)13(14,15)16/h2-7H,17H2,1H3. The Labute approximate surface area is 117 Å². The molecule has 0 amide bonds. The van der Waals surface area contributed by atoms with Gasteiger partial charge in [0, 0.05) is 10.9 Å². The molecule has 106 valence electrons. The zero-order valence-electron chi connectivity index (χ0n) is 10.4. The molecule has 0 aliphatic rings. The summed E-state index contributed by atoms with van der Waals surface area (Å²) in [5, 5.41) is 1.94. The van der Waals surface area contributed by atoms with Crippen LogP contribution in [0.5, 0.6) is 0 Å². The van der Waals surface area contributed by atoms with Crippen molar-refractivity contribution in [1.82, 2.24) is 4.98 Å². The highest BCUT2D eigenvalue weighted by atomic mass is 32.1. The second-order valence-electron chi connectivity index (χ2n) is 4.23. The summed E-state index contributed by atoms with van der Waals surface area (Å²) >= 11 is 1.16. The molecule has 2 rings (SSSR count). The Balaban J connectivity index is 2.43. The molecule has 1 atom stereocenters. The van der Waals surface area contributed by atoms with E-state index in [9.17, 15) is 18.0 Å². The van der Waals surface area contributed by atoms with Crippen LogP contribution >= 0.6 is 11.3 Å². The molecule has 2 N–H and O–H groups in total. The second-order valence-corrected chi connectivity index (χ2v) is 5.12. The van der Waals surface area contributed by atoms with E-state index in [2.05, 4.69) is 4.98 Å². The number of hydrogen-bond donors (Lipinski definition) is 1. The fraction of sp³-hybridized carbons (Fsp3) is 0.231. The number of alkyl halides is 3. The third-order valence-corrected chi connectivity index (χ3v) is 3.67. The molecule has 1 unspecified atom stereocenters. The number of nitrogens with two attached hydrogens (primary N) is 1. The normalized spacial score (nSPS) is 13.2. The molecular weight excluding hydrogens is 289 g/mol. The van der Waals surface area contributed by atoms with Crippen LogP contribution in [-0.4, -0.2) is 10.8 Å². The summed E-state index contributed by atoms with van der Waals surface area (Å²) in [5.74, 6) is -0.749. The van der Waals surface area contributed by atoms with Crippen molar-refractivity contribution in [2.45, 2.75) is 19.1 Å². The van der Waals surface area contributed by atoms with Crippen molar-refractivity contribution in [2.24, 2.45) is 5.73 Å². The van der Waals surface area contributed by atoms with Crippen LogP contribution < -0.4 is 5.73 Å². The fourth-order valence-electron chi connectivity index (χ4n) is 1.67. The first-order valence-electron chi connectivity index (χ1n) is 5.72. The van der Waals surface area contributed by atoms with Crippen LogP contribution in [0.15, 0.2) is 29.6 Å². The van der Waals surface area contributed by atoms with E-state index in [0.717, 1.165) is 23.5 Å². The van der Waals surface area contributed by atoms with Gasteiger partial charge in [0.2, 0.25) is 5.78 Å². The molecule has 0 saturated carbocycles. The molecular formula is C13H11F3N2OS. The van der Waals surface area contributed by atoms with Crippen molar-refractivity contribution < 1.29 is 18.0 Å². The van der Waals surface area contributed by atoms with Gasteiger partial charge in [0.05, 0.1) is 11.6 Å². The van der Waals surface area contributed by atoms with Gasteiger partial charge in [-0.25, -0.2) is 4.98 Å². The van der Waals surface area contributed by atoms with Crippen molar-refractivity contribution in [2.75, 3.05) is 0 Å². The minimum Gasteiger partial charge on any atom is -0.322 e. The number of nitrogens with zero attached hydrogens (tertiary/aromatic N) is 1. The minimum atomic E-state index is -4.58. The van der Waals surface area contributed by atoms with Gasteiger partial charge in [-0.3, -0.25) is 4.79 Å². The van der Waals surface area contributed by atoms with Crippen LogP contribution in [0.2, 0.25) is 0 Å². The Morgan fingerprint density at radius 3 is 2.55 bits per heavy atom. The molecule has 1 aromatic carbocycles. The molecule has 2 aromatic rings. The van der Waals surface area contributed by atoms with Crippen molar-refractivity contribution in [3.63, 3.8) is 0 Å². The lowest BCUT2D eigenvalue weighted by atomic mass is 10.0. The zero-order valence-corrected chi connectivity index (χ0v) is 11.3. The van der Waals surface area contributed by atoms with E-state index >= 15 is 0 Å². The molecule has 0 aliphatic heterocycles. The third-order valence-electron chi connectivity index (χ3n) is 2.62. The molecule has 0 radical (unpaired) electrons. The van der Waals surface area contributed by atoms with Crippen molar-refractivity contribution in [3.8, 4) is 0 Å². The molecule has 3 nitrogen and oxygen atoms in total. The first-order chi connectivity index (χ1) is 9.30. The van der Waals surface area contributed by atoms with Crippen molar-refractivity contribution in [1.29, 1.82) is 0 Å². The Morgan fingerprint density at radius 1 is 1.35 bits per heavy atom. The first-order valence-corrected chi connectivity index (χ1v) is 6.60. The van der Waals surface area contributed by atoms with E-state index in [4.69, 9.17) is 5.73 Å². The maximum absolute atomic E-state index is 12.9. The van der Waals surface area contributed by atoms with Crippen LogP contribution in [0.25, 0.3) is 0 Å². The average molecular weight is 300 g/mol.